The molecule has 140 valence electrons. The van der Waals surface area contributed by atoms with Crippen molar-refractivity contribution in [3.63, 3.8) is 0 Å². The molecular formula is C20H18F3N3O. The van der Waals surface area contributed by atoms with E-state index in [0.29, 0.717) is 42.5 Å². The number of para-hydroxylation sites is 2. The van der Waals surface area contributed by atoms with Crippen molar-refractivity contribution in [2.75, 3.05) is 18.5 Å². The van der Waals surface area contributed by atoms with E-state index in [-0.39, 0.29) is 5.56 Å². The van der Waals surface area contributed by atoms with Gasteiger partial charge in [0, 0.05) is 17.7 Å². The van der Waals surface area contributed by atoms with Gasteiger partial charge in [0.15, 0.2) is 0 Å². The van der Waals surface area contributed by atoms with Crippen molar-refractivity contribution in [2.45, 2.75) is 19.5 Å². The zero-order valence-electron chi connectivity index (χ0n) is 14.7. The van der Waals surface area contributed by atoms with Gasteiger partial charge in [0.05, 0.1) is 17.9 Å². The fourth-order valence-electron chi connectivity index (χ4n) is 3.41. The highest BCUT2D eigenvalue weighted by molar-refractivity contribution is 5.75. The summed E-state index contributed by atoms with van der Waals surface area (Å²) in [5.41, 5.74) is 1.26. The number of hydrogen-bond acceptors (Lipinski definition) is 3. The van der Waals surface area contributed by atoms with Gasteiger partial charge >= 0.3 is 6.18 Å². The molecule has 0 saturated heterocycles. The van der Waals surface area contributed by atoms with E-state index in [0.717, 1.165) is 11.6 Å². The molecule has 2 aromatic carbocycles. The van der Waals surface area contributed by atoms with Crippen LogP contribution in [0.3, 0.4) is 0 Å². The topological polar surface area (TPSA) is 39.1 Å². The maximum atomic E-state index is 13.5. The molecule has 0 amide bonds. The molecule has 4 rings (SSSR count). The van der Waals surface area contributed by atoms with E-state index >= 15 is 0 Å². The smallest absolute Gasteiger partial charge is 0.417 e. The molecule has 7 heteroatoms. The zero-order valence-corrected chi connectivity index (χ0v) is 14.7. The van der Waals surface area contributed by atoms with Crippen molar-refractivity contribution in [2.24, 2.45) is 0 Å². The Labute approximate surface area is 154 Å². The van der Waals surface area contributed by atoms with Gasteiger partial charge in [-0.05, 0) is 31.5 Å². The molecule has 1 aliphatic rings. The van der Waals surface area contributed by atoms with Gasteiger partial charge < -0.3 is 10.1 Å². The maximum Gasteiger partial charge on any atom is 0.417 e. The van der Waals surface area contributed by atoms with E-state index in [2.05, 4.69) is 10.4 Å². The minimum absolute atomic E-state index is 0.0950. The zero-order chi connectivity index (χ0) is 19.0. The first-order chi connectivity index (χ1) is 13.0. The molecular weight excluding hydrogens is 355 g/mol. The Hall–Kier alpha value is -2.96. The molecule has 0 bridgehead atoms. The normalized spacial score (nSPS) is 13.3. The van der Waals surface area contributed by atoms with Crippen molar-refractivity contribution >= 4 is 5.82 Å². The van der Waals surface area contributed by atoms with Crippen LogP contribution in [0.4, 0.5) is 19.0 Å². The second-order valence-electron chi connectivity index (χ2n) is 6.21. The third kappa shape index (κ3) is 3.03. The van der Waals surface area contributed by atoms with Crippen LogP contribution in [0.5, 0.6) is 5.75 Å². The molecule has 4 nitrogen and oxygen atoms in total. The van der Waals surface area contributed by atoms with Gasteiger partial charge in [0.2, 0.25) is 0 Å². The van der Waals surface area contributed by atoms with Crippen molar-refractivity contribution in [1.29, 1.82) is 0 Å². The molecule has 1 N–H and O–H groups in total. The quantitative estimate of drug-likeness (QED) is 0.705. The number of hydrogen-bond donors (Lipinski definition) is 1. The number of ether oxygens (including phenoxy) is 1. The fraction of sp³-hybridized carbons (Fsp3) is 0.250. The highest BCUT2D eigenvalue weighted by Gasteiger charge is 2.36. The Bertz CT molecular complexity index is 979. The van der Waals surface area contributed by atoms with Crippen LogP contribution < -0.4 is 10.1 Å². The standard InChI is InChI=1S/C20H18F3N3O/c1-2-27-17-10-6-5-9-16(17)26-19-14(11-12-24-19)18(25-26)13-7-3-4-8-15(13)20(21,22)23/h3-10,24H,2,11-12H2,1H3. The molecule has 27 heavy (non-hydrogen) atoms. The summed E-state index contributed by atoms with van der Waals surface area (Å²) in [6, 6.07) is 12.9. The second kappa shape index (κ2) is 6.64. The van der Waals surface area contributed by atoms with Crippen LogP contribution in [-0.4, -0.2) is 22.9 Å². The summed E-state index contributed by atoms with van der Waals surface area (Å²) in [5, 5.41) is 7.81. The lowest BCUT2D eigenvalue weighted by molar-refractivity contribution is -0.137. The summed E-state index contributed by atoms with van der Waals surface area (Å²) in [7, 11) is 0. The van der Waals surface area contributed by atoms with Crippen LogP contribution in [0.2, 0.25) is 0 Å². The third-order valence-electron chi connectivity index (χ3n) is 4.53. The third-order valence-corrected chi connectivity index (χ3v) is 4.53. The number of anilines is 1. The number of fused-ring (bicyclic) bond motifs is 1. The molecule has 0 radical (unpaired) electrons. The van der Waals surface area contributed by atoms with Gasteiger partial charge in [0.25, 0.3) is 0 Å². The van der Waals surface area contributed by atoms with Gasteiger partial charge in [0.1, 0.15) is 17.3 Å². The first kappa shape index (κ1) is 17.5. The number of benzene rings is 2. The largest absolute Gasteiger partial charge is 0.492 e. The van der Waals surface area contributed by atoms with E-state index in [1.165, 1.54) is 12.1 Å². The van der Waals surface area contributed by atoms with E-state index in [9.17, 15) is 13.2 Å². The molecule has 0 unspecified atom stereocenters. The average Bonchev–Trinajstić information content (AvgIpc) is 3.24. The summed E-state index contributed by atoms with van der Waals surface area (Å²) in [4.78, 5) is 0. The number of aromatic nitrogens is 2. The summed E-state index contributed by atoms with van der Waals surface area (Å²) in [6.45, 7) is 3.02. The van der Waals surface area contributed by atoms with Gasteiger partial charge in [-0.1, -0.05) is 30.3 Å². The van der Waals surface area contributed by atoms with Gasteiger partial charge in [-0.25, -0.2) is 4.68 Å². The molecule has 0 spiro atoms. The first-order valence-corrected chi connectivity index (χ1v) is 8.75. The minimum Gasteiger partial charge on any atom is -0.492 e. The van der Waals surface area contributed by atoms with Crippen LogP contribution in [0, 0.1) is 0 Å². The molecule has 1 aliphatic heterocycles. The van der Waals surface area contributed by atoms with Crippen LogP contribution in [0.1, 0.15) is 18.1 Å². The maximum absolute atomic E-state index is 13.5. The monoisotopic (exact) mass is 373 g/mol. The highest BCUT2D eigenvalue weighted by Crippen LogP contribution is 2.41. The number of nitrogens with one attached hydrogen (secondary N) is 1. The molecule has 0 fully saturated rings. The Morgan fingerprint density at radius 3 is 2.63 bits per heavy atom. The molecule has 3 aromatic rings. The van der Waals surface area contributed by atoms with E-state index in [1.807, 2.05) is 31.2 Å². The van der Waals surface area contributed by atoms with Crippen molar-refractivity contribution in [1.82, 2.24) is 9.78 Å². The summed E-state index contributed by atoms with van der Waals surface area (Å²) < 4.78 is 47.9. The predicted octanol–water partition coefficient (Wildman–Crippen LogP) is 4.92. The van der Waals surface area contributed by atoms with Crippen LogP contribution >= 0.6 is 0 Å². The summed E-state index contributed by atoms with van der Waals surface area (Å²) in [5.74, 6) is 1.35. The van der Waals surface area contributed by atoms with E-state index < -0.39 is 11.7 Å². The van der Waals surface area contributed by atoms with Crippen LogP contribution in [0.15, 0.2) is 48.5 Å². The van der Waals surface area contributed by atoms with E-state index in [1.54, 1.807) is 10.7 Å². The lowest BCUT2D eigenvalue weighted by atomic mass is 10.0. The number of nitrogens with zero attached hydrogens (tertiary/aromatic N) is 2. The second-order valence-corrected chi connectivity index (χ2v) is 6.21. The van der Waals surface area contributed by atoms with Gasteiger partial charge in [-0.3, -0.25) is 0 Å². The van der Waals surface area contributed by atoms with Crippen LogP contribution in [-0.2, 0) is 12.6 Å². The van der Waals surface area contributed by atoms with Crippen LogP contribution in [0.25, 0.3) is 16.9 Å². The minimum atomic E-state index is -4.44. The van der Waals surface area contributed by atoms with Gasteiger partial charge in [-0.15, -0.1) is 0 Å². The number of halogens is 3. The van der Waals surface area contributed by atoms with E-state index in [4.69, 9.17) is 4.74 Å². The van der Waals surface area contributed by atoms with Crippen molar-refractivity contribution < 1.29 is 17.9 Å². The Balaban J connectivity index is 1.92. The number of alkyl halides is 3. The highest BCUT2D eigenvalue weighted by atomic mass is 19.4. The lowest BCUT2D eigenvalue weighted by Gasteiger charge is -2.13. The molecule has 1 aromatic heterocycles. The average molecular weight is 373 g/mol. The Kier molecular flexibility index (Phi) is 4.30. The Morgan fingerprint density at radius 1 is 1.11 bits per heavy atom. The lowest BCUT2D eigenvalue weighted by Crippen LogP contribution is -2.09. The first-order valence-electron chi connectivity index (χ1n) is 8.75. The van der Waals surface area contributed by atoms with Crippen molar-refractivity contribution in [3.8, 4) is 22.7 Å². The molecule has 0 atom stereocenters. The summed E-state index contributed by atoms with van der Waals surface area (Å²) in [6.07, 6.45) is -3.82. The number of rotatable bonds is 4. The molecule has 2 heterocycles. The molecule has 0 aliphatic carbocycles. The SMILES string of the molecule is CCOc1ccccc1-n1nc(-c2ccccc2C(F)(F)F)c2c1NCC2. The molecule has 0 saturated carbocycles. The Morgan fingerprint density at radius 2 is 1.85 bits per heavy atom. The van der Waals surface area contributed by atoms with Gasteiger partial charge in [-0.2, -0.15) is 18.3 Å². The summed E-state index contributed by atoms with van der Waals surface area (Å²) >= 11 is 0. The fourth-order valence-corrected chi connectivity index (χ4v) is 3.41. The predicted molar refractivity (Wildman–Crippen MR) is 97.4 cm³/mol. The van der Waals surface area contributed by atoms with Crippen molar-refractivity contribution in [3.05, 3.63) is 59.7 Å².